The third-order valence-electron chi connectivity index (χ3n) is 3.59. The number of benzene rings is 1. The standard InChI is InChI=1S/C17H15F6N5OS2/c1-26-12-5-13(29-8-16(18,19)20)27-28-14(12)31-15(25)30-7-9-2-3-11(17(21,22)23)4-10(9)6-24/h2-5,25-28H,7-8H2,1H3. The summed E-state index contributed by atoms with van der Waals surface area (Å²) in [5, 5.41) is 20.3. The van der Waals surface area contributed by atoms with Crippen molar-refractivity contribution in [2.75, 3.05) is 13.7 Å². The van der Waals surface area contributed by atoms with Crippen LogP contribution in [0.3, 0.4) is 0 Å². The van der Waals surface area contributed by atoms with Crippen molar-refractivity contribution in [3.05, 3.63) is 57.6 Å². The molecule has 0 spiro atoms. The minimum Gasteiger partial charge on any atom is -0.468 e. The number of hydrazine groups is 1. The van der Waals surface area contributed by atoms with E-state index in [1.54, 1.807) is 6.07 Å². The summed E-state index contributed by atoms with van der Waals surface area (Å²) in [7, 11) is 1.53. The Labute approximate surface area is 181 Å². The fraction of sp³-hybridized carbons (Fsp3) is 0.294. The van der Waals surface area contributed by atoms with Gasteiger partial charge in [0.2, 0.25) is 5.88 Å². The van der Waals surface area contributed by atoms with Gasteiger partial charge in [-0.2, -0.15) is 31.6 Å². The van der Waals surface area contributed by atoms with Crippen molar-refractivity contribution in [1.82, 2.24) is 16.2 Å². The number of allylic oxidation sites excluding steroid dienone is 1. The predicted molar refractivity (Wildman–Crippen MR) is 105 cm³/mol. The van der Waals surface area contributed by atoms with Crippen molar-refractivity contribution in [1.29, 1.82) is 10.7 Å². The van der Waals surface area contributed by atoms with Gasteiger partial charge < -0.3 is 10.1 Å². The molecule has 1 aliphatic rings. The minimum atomic E-state index is -4.56. The number of nitrogens with one attached hydrogen (secondary N) is 4. The van der Waals surface area contributed by atoms with Gasteiger partial charge in [0, 0.05) is 18.9 Å². The SMILES string of the molecule is CNC1=C(SC(=N)SCc2ccc(C(F)(F)F)cc2C#N)NNC(OCC(F)(F)F)=C1. The summed E-state index contributed by atoms with van der Waals surface area (Å²) in [6.45, 7) is -1.48. The maximum atomic E-state index is 12.8. The largest absolute Gasteiger partial charge is 0.468 e. The van der Waals surface area contributed by atoms with Crippen molar-refractivity contribution in [2.24, 2.45) is 0 Å². The summed E-state index contributed by atoms with van der Waals surface area (Å²) in [6, 6.07) is 4.54. The fourth-order valence-corrected chi connectivity index (χ4v) is 3.93. The number of ether oxygens (including phenoxy) is 1. The molecule has 2 rings (SSSR count). The van der Waals surface area contributed by atoms with Crippen LogP contribution in [0.4, 0.5) is 26.3 Å². The average Bonchev–Trinajstić information content (AvgIpc) is 2.70. The molecule has 14 heteroatoms. The van der Waals surface area contributed by atoms with Gasteiger partial charge in [0.15, 0.2) is 6.61 Å². The Hall–Kier alpha value is -2.66. The molecule has 31 heavy (non-hydrogen) atoms. The molecule has 0 unspecified atom stereocenters. The van der Waals surface area contributed by atoms with Crippen LogP contribution in [0.15, 0.2) is 40.9 Å². The Morgan fingerprint density at radius 3 is 2.52 bits per heavy atom. The van der Waals surface area contributed by atoms with E-state index < -0.39 is 24.5 Å². The van der Waals surface area contributed by atoms with Crippen LogP contribution < -0.4 is 16.2 Å². The highest BCUT2D eigenvalue weighted by atomic mass is 32.2. The zero-order chi connectivity index (χ0) is 23.2. The van der Waals surface area contributed by atoms with Gasteiger partial charge in [-0.15, -0.1) is 0 Å². The topological polar surface area (TPSA) is 93.0 Å². The van der Waals surface area contributed by atoms with E-state index in [0.29, 0.717) is 16.3 Å². The summed E-state index contributed by atoms with van der Waals surface area (Å²) in [5.41, 5.74) is 4.69. The van der Waals surface area contributed by atoms with Gasteiger partial charge in [-0.25, -0.2) is 0 Å². The number of thioether (sulfide) groups is 2. The third-order valence-corrected chi connectivity index (χ3v) is 5.62. The van der Waals surface area contributed by atoms with Crippen molar-refractivity contribution >= 4 is 27.9 Å². The van der Waals surface area contributed by atoms with Gasteiger partial charge in [0.05, 0.1) is 22.9 Å². The normalized spacial score (nSPS) is 14.2. The number of hydrogen-bond donors (Lipinski definition) is 4. The quantitative estimate of drug-likeness (QED) is 0.271. The molecular weight excluding hydrogens is 468 g/mol. The molecule has 168 valence electrons. The van der Waals surface area contributed by atoms with Crippen molar-refractivity contribution in [3.8, 4) is 6.07 Å². The highest BCUT2D eigenvalue weighted by molar-refractivity contribution is 8.39. The van der Waals surface area contributed by atoms with Crippen LogP contribution in [0.25, 0.3) is 0 Å². The van der Waals surface area contributed by atoms with Crippen molar-refractivity contribution < 1.29 is 31.1 Å². The molecule has 0 saturated carbocycles. The molecule has 0 aliphatic carbocycles. The molecule has 0 atom stereocenters. The summed E-state index contributed by atoms with van der Waals surface area (Å²) in [5.74, 6) is -0.0910. The zero-order valence-electron chi connectivity index (χ0n) is 15.7. The molecule has 1 aromatic carbocycles. The van der Waals surface area contributed by atoms with Crippen LogP contribution in [0.2, 0.25) is 0 Å². The van der Waals surface area contributed by atoms with Crippen LogP contribution in [0, 0.1) is 16.7 Å². The molecule has 1 heterocycles. The molecule has 4 N–H and O–H groups in total. The van der Waals surface area contributed by atoms with Gasteiger partial charge >= 0.3 is 12.4 Å². The summed E-state index contributed by atoms with van der Waals surface area (Å²) in [4.78, 5) is 0. The fourth-order valence-electron chi connectivity index (χ4n) is 2.17. The Kier molecular flexibility index (Phi) is 8.02. The third kappa shape index (κ3) is 7.51. The van der Waals surface area contributed by atoms with E-state index in [1.807, 2.05) is 0 Å². The lowest BCUT2D eigenvalue weighted by atomic mass is 10.1. The van der Waals surface area contributed by atoms with Crippen LogP contribution in [0.1, 0.15) is 16.7 Å². The summed E-state index contributed by atoms with van der Waals surface area (Å²) in [6.07, 6.45) is -7.78. The lowest BCUT2D eigenvalue weighted by molar-refractivity contribution is -0.166. The van der Waals surface area contributed by atoms with Gasteiger partial charge in [-0.3, -0.25) is 16.3 Å². The molecule has 6 nitrogen and oxygen atoms in total. The lowest BCUT2D eigenvalue weighted by Crippen LogP contribution is -2.37. The van der Waals surface area contributed by atoms with Gasteiger partial charge in [-0.05, 0) is 29.5 Å². The van der Waals surface area contributed by atoms with Crippen LogP contribution >= 0.6 is 23.5 Å². The summed E-state index contributed by atoms with van der Waals surface area (Å²) >= 11 is 1.90. The maximum Gasteiger partial charge on any atom is 0.422 e. The number of nitrogens with zero attached hydrogens (tertiary/aromatic N) is 1. The van der Waals surface area contributed by atoms with E-state index in [4.69, 9.17) is 10.7 Å². The number of nitriles is 1. The first-order chi connectivity index (χ1) is 14.4. The highest BCUT2D eigenvalue weighted by Gasteiger charge is 2.31. The molecule has 0 saturated heterocycles. The maximum absolute atomic E-state index is 12.8. The van der Waals surface area contributed by atoms with Crippen LogP contribution in [-0.2, 0) is 16.7 Å². The first kappa shape index (κ1) is 24.6. The van der Waals surface area contributed by atoms with Crippen LogP contribution in [0.5, 0.6) is 0 Å². The van der Waals surface area contributed by atoms with Crippen molar-refractivity contribution in [3.63, 3.8) is 0 Å². The smallest absolute Gasteiger partial charge is 0.422 e. The van der Waals surface area contributed by atoms with Gasteiger partial charge in [0.1, 0.15) is 9.40 Å². The monoisotopic (exact) mass is 483 g/mol. The molecule has 0 bridgehead atoms. The second-order valence-corrected chi connectivity index (χ2v) is 8.08. The van der Waals surface area contributed by atoms with E-state index >= 15 is 0 Å². The molecule has 0 aromatic heterocycles. The van der Waals surface area contributed by atoms with E-state index in [-0.39, 0.29) is 21.6 Å². The summed E-state index contributed by atoms with van der Waals surface area (Å²) < 4.78 is 79.7. The predicted octanol–water partition coefficient (Wildman–Crippen LogP) is 4.39. The Morgan fingerprint density at radius 2 is 1.94 bits per heavy atom. The number of halogens is 6. The average molecular weight is 483 g/mol. The van der Waals surface area contributed by atoms with Gasteiger partial charge in [0.25, 0.3) is 0 Å². The van der Waals surface area contributed by atoms with E-state index in [0.717, 1.165) is 35.7 Å². The molecule has 0 radical (unpaired) electrons. The first-order valence-electron chi connectivity index (χ1n) is 8.27. The Morgan fingerprint density at radius 1 is 1.23 bits per heavy atom. The van der Waals surface area contributed by atoms with Crippen LogP contribution in [-0.4, -0.2) is 24.2 Å². The Balaban J connectivity index is 2.02. The second kappa shape index (κ2) is 10.1. The molecular formula is C17H15F6N5OS2. The minimum absolute atomic E-state index is 0.0360. The Bertz CT molecular complexity index is 936. The number of alkyl halides is 6. The lowest BCUT2D eigenvalue weighted by Gasteiger charge is -2.23. The van der Waals surface area contributed by atoms with E-state index in [2.05, 4.69) is 20.9 Å². The molecule has 0 amide bonds. The van der Waals surface area contributed by atoms with E-state index in [1.165, 1.54) is 19.2 Å². The molecule has 1 aromatic rings. The molecule has 1 aliphatic heterocycles. The zero-order valence-corrected chi connectivity index (χ0v) is 17.3. The highest BCUT2D eigenvalue weighted by Crippen LogP contribution is 2.33. The number of hydrogen-bond acceptors (Lipinski definition) is 8. The second-order valence-electron chi connectivity index (χ2n) is 5.81. The van der Waals surface area contributed by atoms with Gasteiger partial charge in [-0.1, -0.05) is 17.8 Å². The number of likely N-dealkylation sites (N-methyl/N-ethyl adjacent to an activating group) is 1. The number of rotatable bonds is 6. The van der Waals surface area contributed by atoms with E-state index in [9.17, 15) is 26.3 Å². The molecule has 0 fully saturated rings. The first-order valence-corrected chi connectivity index (χ1v) is 10.1. The van der Waals surface area contributed by atoms with Crippen molar-refractivity contribution in [2.45, 2.75) is 18.1 Å².